The van der Waals surface area contributed by atoms with Gasteiger partial charge in [0.15, 0.2) is 0 Å². The molecule has 0 spiro atoms. The van der Waals surface area contributed by atoms with E-state index < -0.39 is 23.7 Å². The Hall–Kier alpha value is -3.07. The molecule has 1 N–H and O–H groups in total. The minimum Gasteiger partial charge on any atom is -0.340 e. The molecule has 0 aliphatic carbocycles. The van der Waals surface area contributed by atoms with Crippen LogP contribution >= 0.6 is 11.6 Å². The van der Waals surface area contributed by atoms with Crippen molar-refractivity contribution < 1.29 is 27.6 Å². The van der Waals surface area contributed by atoms with Crippen molar-refractivity contribution in [3.63, 3.8) is 0 Å². The summed E-state index contributed by atoms with van der Waals surface area (Å²) in [4.78, 5) is 42.2. The number of alkyl halides is 3. The third-order valence-corrected chi connectivity index (χ3v) is 6.31. The van der Waals surface area contributed by atoms with Gasteiger partial charge >= 0.3 is 6.18 Å². The van der Waals surface area contributed by atoms with Crippen LogP contribution in [0, 0.1) is 5.92 Å². The fraction of sp³-hybridized carbons (Fsp3) is 0.400. The van der Waals surface area contributed by atoms with Crippen molar-refractivity contribution in [3.8, 4) is 0 Å². The van der Waals surface area contributed by atoms with Crippen molar-refractivity contribution in [2.75, 3.05) is 19.6 Å². The highest BCUT2D eigenvalue weighted by Crippen LogP contribution is 2.29. The first-order valence-electron chi connectivity index (χ1n) is 11.2. The molecule has 6 nitrogen and oxygen atoms in total. The average molecular weight is 510 g/mol. The van der Waals surface area contributed by atoms with Gasteiger partial charge in [-0.25, -0.2) is 0 Å². The van der Waals surface area contributed by atoms with Gasteiger partial charge in [0.05, 0.1) is 16.1 Å². The number of nitrogens with one attached hydrogen (secondary N) is 1. The molecule has 1 fully saturated rings. The lowest BCUT2D eigenvalue weighted by atomic mass is 10.0. The number of nitrogens with zero attached hydrogens (tertiary/aromatic N) is 2. The highest BCUT2D eigenvalue weighted by Gasteiger charge is 2.36. The molecule has 188 valence electrons. The quantitative estimate of drug-likeness (QED) is 0.646. The number of amides is 3. The van der Waals surface area contributed by atoms with Gasteiger partial charge in [0.1, 0.15) is 6.04 Å². The molecule has 2 unspecified atom stereocenters. The van der Waals surface area contributed by atoms with Crippen molar-refractivity contribution in [1.82, 2.24) is 15.1 Å². The van der Waals surface area contributed by atoms with E-state index in [1.54, 1.807) is 47.9 Å². The molecule has 0 radical (unpaired) electrons. The fourth-order valence-corrected chi connectivity index (χ4v) is 4.24. The van der Waals surface area contributed by atoms with E-state index in [2.05, 4.69) is 5.32 Å². The monoisotopic (exact) mass is 509 g/mol. The van der Waals surface area contributed by atoms with Crippen LogP contribution in [0.4, 0.5) is 13.2 Å². The lowest BCUT2D eigenvalue weighted by Gasteiger charge is -2.41. The molecule has 2 atom stereocenters. The Bertz CT molecular complexity index is 1110. The minimum absolute atomic E-state index is 0.179. The van der Waals surface area contributed by atoms with E-state index in [1.165, 1.54) is 6.07 Å². The zero-order valence-electron chi connectivity index (χ0n) is 19.6. The number of halogens is 4. The Morgan fingerprint density at radius 1 is 1.06 bits per heavy atom. The summed E-state index contributed by atoms with van der Waals surface area (Å²) in [5, 5.41) is 2.94. The second-order valence-electron chi connectivity index (χ2n) is 8.89. The first-order valence-corrected chi connectivity index (χ1v) is 11.6. The van der Waals surface area contributed by atoms with Gasteiger partial charge in [-0.3, -0.25) is 14.4 Å². The van der Waals surface area contributed by atoms with Gasteiger partial charge in [-0.05, 0) is 43.2 Å². The van der Waals surface area contributed by atoms with Crippen LogP contribution in [0.5, 0.6) is 0 Å². The van der Waals surface area contributed by atoms with Crippen LogP contribution < -0.4 is 5.32 Å². The van der Waals surface area contributed by atoms with Crippen LogP contribution in [-0.2, 0) is 11.0 Å². The maximum Gasteiger partial charge on any atom is 0.416 e. The summed E-state index contributed by atoms with van der Waals surface area (Å²) in [5.41, 5.74) is -0.735. The predicted molar refractivity (Wildman–Crippen MR) is 126 cm³/mol. The minimum atomic E-state index is -4.58. The fourth-order valence-electron chi connectivity index (χ4n) is 4.02. The summed E-state index contributed by atoms with van der Waals surface area (Å²) < 4.78 is 39.1. The van der Waals surface area contributed by atoms with Crippen LogP contribution in [-0.4, -0.2) is 59.2 Å². The number of carbonyl (C=O) groups excluding carboxylic acids is 3. The van der Waals surface area contributed by atoms with Crippen molar-refractivity contribution in [2.45, 2.75) is 39.0 Å². The van der Waals surface area contributed by atoms with E-state index in [0.29, 0.717) is 10.6 Å². The molecule has 10 heteroatoms. The van der Waals surface area contributed by atoms with Crippen molar-refractivity contribution in [1.29, 1.82) is 0 Å². The highest BCUT2D eigenvalue weighted by molar-refractivity contribution is 6.33. The molecule has 35 heavy (non-hydrogen) atoms. The molecule has 3 rings (SSSR count). The Morgan fingerprint density at radius 2 is 1.74 bits per heavy atom. The molecule has 0 bridgehead atoms. The van der Waals surface area contributed by atoms with E-state index in [-0.39, 0.29) is 49.0 Å². The zero-order valence-corrected chi connectivity index (χ0v) is 20.4. The number of benzene rings is 2. The van der Waals surface area contributed by atoms with Crippen molar-refractivity contribution in [2.24, 2.45) is 5.92 Å². The second kappa shape index (κ2) is 10.7. The lowest BCUT2D eigenvalue weighted by molar-refractivity contribution is -0.138. The van der Waals surface area contributed by atoms with Crippen molar-refractivity contribution in [3.05, 3.63) is 70.2 Å². The SMILES string of the molecule is CC(C)C(NC(=O)c1cccc(C(F)(F)F)c1)C(=O)N1CCN(C(=O)c2ccccc2Cl)C(C)C1. The molecular weight excluding hydrogens is 483 g/mol. The topological polar surface area (TPSA) is 69.7 Å². The van der Waals surface area contributed by atoms with E-state index in [4.69, 9.17) is 11.6 Å². The summed E-state index contributed by atoms with van der Waals surface area (Å²) in [5.74, 6) is -1.65. The molecule has 2 aromatic rings. The first-order chi connectivity index (χ1) is 16.4. The molecule has 1 aliphatic heterocycles. The predicted octanol–water partition coefficient (Wildman–Crippen LogP) is 4.49. The van der Waals surface area contributed by atoms with Crippen LogP contribution in [0.1, 0.15) is 47.1 Å². The van der Waals surface area contributed by atoms with Gasteiger partial charge in [-0.2, -0.15) is 13.2 Å². The van der Waals surface area contributed by atoms with E-state index in [0.717, 1.165) is 18.2 Å². The molecular formula is C25H27ClF3N3O3. The number of hydrogen-bond donors (Lipinski definition) is 1. The number of hydrogen-bond acceptors (Lipinski definition) is 3. The summed E-state index contributed by atoms with van der Waals surface area (Å²) in [6.45, 7) is 6.09. The summed E-state index contributed by atoms with van der Waals surface area (Å²) in [7, 11) is 0. The molecule has 1 heterocycles. The number of piperazine rings is 1. The average Bonchev–Trinajstić information content (AvgIpc) is 2.81. The maximum absolute atomic E-state index is 13.3. The number of rotatable bonds is 5. The maximum atomic E-state index is 13.3. The molecule has 3 amide bonds. The van der Waals surface area contributed by atoms with E-state index in [1.807, 2.05) is 6.92 Å². The molecule has 2 aromatic carbocycles. The van der Waals surface area contributed by atoms with E-state index >= 15 is 0 Å². The molecule has 1 aliphatic rings. The molecule has 0 saturated carbocycles. The Morgan fingerprint density at radius 3 is 2.34 bits per heavy atom. The lowest BCUT2D eigenvalue weighted by Crippen LogP contribution is -2.60. The smallest absolute Gasteiger partial charge is 0.340 e. The van der Waals surface area contributed by atoms with Gasteiger partial charge in [0.2, 0.25) is 5.91 Å². The number of carbonyl (C=O) groups is 3. The Balaban J connectivity index is 1.70. The highest BCUT2D eigenvalue weighted by atomic mass is 35.5. The van der Waals surface area contributed by atoms with Gasteiger partial charge < -0.3 is 15.1 Å². The van der Waals surface area contributed by atoms with Crippen LogP contribution in [0.3, 0.4) is 0 Å². The zero-order chi connectivity index (χ0) is 25.9. The first kappa shape index (κ1) is 26.5. The molecule has 0 aromatic heterocycles. The Kier molecular flexibility index (Phi) is 8.10. The van der Waals surface area contributed by atoms with Crippen LogP contribution in [0.15, 0.2) is 48.5 Å². The van der Waals surface area contributed by atoms with Crippen LogP contribution in [0.2, 0.25) is 5.02 Å². The normalized spacial score (nSPS) is 17.3. The molecule has 1 saturated heterocycles. The third kappa shape index (κ3) is 6.14. The van der Waals surface area contributed by atoms with E-state index in [9.17, 15) is 27.6 Å². The van der Waals surface area contributed by atoms with Gasteiger partial charge in [0.25, 0.3) is 11.8 Å². The van der Waals surface area contributed by atoms with Gasteiger partial charge in [-0.1, -0.05) is 43.6 Å². The summed E-state index contributed by atoms with van der Waals surface area (Å²) >= 11 is 6.16. The Labute approximate surface area is 207 Å². The van der Waals surface area contributed by atoms with Gasteiger partial charge in [0, 0.05) is 31.2 Å². The van der Waals surface area contributed by atoms with Crippen LogP contribution in [0.25, 0.3) is 0 Å². The summed E-state index contributed by atoms with van der Waals surface area (Å²) in [6.07, 6.45) is -4.58. The standard InChI is InChI=1S/C25H27ClF3N3O3/c1-15(2)21(30-22(33)17-7-6-8-18(13-17)25(27,28)29)24(35)31-11-12-32(16(3)14-31)23(34)19-9-4-5-10-20(19)26/h4-10,13,15-16,21H,11-12,14H2,1-3H3,(H,30,33). The van der Waals surface area contributed by atoms with Crippen molar-refractivity contribution >= 4 is 29.3 Å². The third-order valence-electron chi connectivity index (χ3n) is 5.98. The largest absolute Gasteiger partial charge is 0.416 e. The summed E-state index contributed by atoms with van der Waals surface area (Å²) in [6, 6.07) is 9.58. The van der Waals surface area contributed by atoms with Gasteiger partial charge in [-0.15, -0.1) is 0 Å². The second-order valence-corrected chi connectivity index (χ2v) is 9.29.